The van der Waals surface area contributed by atoms with Gasteiger partial charge >= 0.3 is 0 Å². The predicted octanol–water partition coefficient (Wildman–Crippen LogP) is 1.66. The summed E-state index contributed by atoms with van der Waals surface area (Å²) in [5, 5.41) is 14.3. The molecule has 0 saturated carbocycles. The zero-order valence-electron chi connectivity index (χ0n) is 11.7. The summed E-state index contributed by atoms with van der Waals surface area (Å²) in [6.45, 7) is 0.0360. The smallest absolute Gasteiger partial charge is 0.244 e. The first kappa shape index (κ1) is 14.8. The maximum Gasteiger partial charge on any atom is 0.244 e. The third kappa shape index (κ3) is 3.04. The summed E-state index contributed by atoms with van der Waals surface area (Å²) in [6.07, 6.45) is 0. The Hall–Kier alpha value is -2.13. The standard InChI is InChI=1S/C13H13N5O2S2/c1-14-12-16-17-13(22-12)21-7-11(20)18-6-10(19)15-8-4-2-3-5-9(8)18/h2-5H,6-7H2,1H3,(H,14,16)(H,15,19). The molecule has 0 spiro atoms. The van der Waals surface area contributed by atoms with E-state index in [4.69, 9.17) is 0 Å². The summed E-state index contributed by atoms with van der Waals surface area (Å²) in [5.74, 6) is -0.112. The van der Waals surface area contributed by atoms with E-state index in [1.54, 1.807) is 13.1 Å². The molecule has 2 heterocycles. The highest BCUT2D eigenvalue weighted by Crippen LogP contribution is 2.30. The summed E-state index contributed by atoms with van der Waals surface area (Å²) in [4.78, 5) is 25.6. The first-order valence-corrected chi connectivity index (χ1v) is 8.31. The van der Waals surface area contributed by atoms with Crippen LogP contribution in [0.1, 0.15) is 0 Å². The molecule has 7 nitrogen and oxygen atoms in total. The molecule has 0 unspecified atom stereocenters. The Labute approximate surface area is 135 Å². The second-order valence-electron chi connectivity index (χ2n) is 4.46. The molecule has 1 aromatic heterocycles. The Morgan fingerprint density at radius 2 is 2.27 bits per heavy atom. The number of carbonyl (C=O) groups excluding carboxylic acids is 2. The molecule has 1 aliphatic rings. The fourth-order valence-electron chi connectivity index (χ4n) is 2.03. The number of carbonyl (C=O) groups is 2. The molecule has 2 aromatic rings. The largest absolute Gasteiger partial charge is 0.363 e. The molecule has 2 N–H and O–H groups in total. The number of para-hydroxylation sites is 2. The van der Waals surface area contributed by atoms with Crippen LogP contribution in [-0.2, 0) is 9.59 Å². The van der Waals surface area contributed by atoms with Crippen molar-refractivity contribution in [3.05, 3.63) is 24.3 Å². The van der Waals surface area contributed by atoms with Crippen molar-refractivity contribution in [2.45, 2.75) is 4.34 Å². The summed E-state index contributed by atoms with van der Waals surface area (Å²) in [6, 6.07) is 7.27. The van der Waals surface area contributed by atoms with Gasteiger partial charge in [0.15, 0.2) is 4.34 Å². The topological polar surface area (TPSA) is 87.2 Å². The van der Waals surface area contributed by atoms with Crippen LogP contribution in [0.2, 0.25) is 0 Å². The maximum atomic E-state index is 12.4. The second kappa shape index (κ2) is 6.32. The molecule has 1 aromatic carbocycles. The van der Waals surface area contributed by atoms with Gasteiger partial charge in [-0.25, -0.2) is 0 Å². The van der Waals surface area contributed by atoms with E-state index in [1.165, 1.54) is 28.0 Å². The lowest BCUT2D eigenvalue weighted by molar-refractivity contribution is -0.120. The summed E-state index contributed by atoms with van der Waals surface area (Å²) in [7, 11) is 1.77. The number of fused-ring (bicyclic) bond motifs is 1. The third-order valence-electron chi connectivity index (χ3n) is 3.01. The van der Waals surface area contributed by atoms with Gasteiger partial charge in [-0.1, -0.05) is 35.2 Å². The first-order valence-electron chi connectivity index (χ1n) is 6.50. The van der Waals surface area contributed by atoms with Gasteiger partial charge in [-0.3, -0.25) is 9.59 Å². The van der Waals surface area contributed by atoms with Crippen LogP contribution in [0.25, 0.3) is 0 Å². The molecule has 0 radical (unpaired) electrons. The number of nitrogens with zero attached hydrogens (tertiary/aromatic N) is 3. The van der Waals surface area contributed by atoms with Crippen LogP contribution in [0.5, 0.6) is 0 Å². The van der Waals surface area contributed by atoms with Gasteiger partial charge in [0.2, 0.25) is 16.9 Å². The predicted molar refractivity (Wildman–Crippen MR) is 87.6 cm³/mol. The van der Waals surface area contributed by atoms with Crippen LogP contribution in [0.3, 0.4) is 0 Å². The van der Waals surface area contributed by atoms with Crippen LogP contribution in [0.15, 0.2) is 28.6 Å². The van der Waals surface area contributed by atoms with Crippen molar-refractivity contribution in [1.82, 2.24) is 10.2 Å². The van der Waals surface area contributed by atoms with Gasteiger partial charge in [0.1, 0.15) is 6.54 Å². The summed E-state index contributed by atoms with van der Waals surface area (Å²) in [5.41, 5.74) is 1.38. The Kier molecular flexibility index (Phi) is 4.25. The zero-order valence-corrected chi connectivity index (χ0v) is 13.3. The van der Waals surface area contributed by atoms with E-state index in [0.29, 0.717) is 15.2 Å². The minimum Gasteiger partial charge on any atom is -0.363 e. The van der Waals surface area contributed by atoms with Crippen molar-refractivity contribution in [3.8, 4) is 0 Å². The highest BCUT2D eigenvalue weighted by atomic mass is 32.2. The van der Waals surface area contributed by atoms with Gasteiger partial charge in [0.05, 0.1) is 17.1 Å². The van der Waals surface area contributed by atoms with Gasteiger partial charge in [-0.15, -0.1) is 10.2 Å². The first-order chi connectivity index (χ1) is 10.7. The van der Waals surface area contributed by atoms with Gasteiger partial charge in [0.25, 0.3) is 0 Å². The SMILES string of the molecule is CNc1nnc(SCC(=O)N2CC(=O)Nc3ccccc32)s1. The number of amides is 2. The molecule has 0 aliphatic carbocycles. The van der Waals surface area contributed by atoms with Crippen LogP contribution in [0, 0.1) is 0 Å². The molecular weight excluding hydrogens is 322 g/mol. The lowest BCUT2D eigenvalue weighted by Gasteiger charge is -2.28. The molecule has 0 fully saturated rings. The van der Waals surface area contributed by atoms with Crippen molar-refractivity contribution in [3.63, 3.8) is 0 Å². The number of nitrogens with one attached hydrogen (secondary N) is 2. The Bertz CT molecular complexity index is 718. The van der Waals surface area contributed by atoms with E-state index in [2.05, 4.69) is 20.8 Å². The molecule has 3 rings (SSSR count). The zero-order chi connectivity index (χ0) is 15.5. The second-order valence-corrected chi connectivity index (χ2v) is 6.66. The molecule has 0 saturated heterocycles. The minimum atomic E-state index is -0.189. The van der Waals surface area contributed by atoms with Crippen LogP contribution < -0.4 is 15.5 Å². The fraction of sp³-hybridized carbons (Fsp3) is 0.231. The minimum absolute atomic E-state index is 0.0360. The van der Waals surface area contributed by atoms with Crippen molar-refractivity contribution >= 4 is 51.4 Å². The molecular formula is C13H13N5O2S2. The molecule has 0 atom stereocenters. The molecule has 22 heavy (non-hydrogen) atoms. The number of anilines is 3. The van der Waals surface area contributed by atoms with E-state index in [-0.39, 0.29) is 24.1 Å². The highest BCUT2D eigenvalue weighted by molar-refractivity contribution is 8.01. The van der Waals surface area contributed by atoms with Gasteiger partial charge in [0, 0.05) is 7.05 Å². The molecule has 1 aliphatic heterocycles. The summed E-state index contributed by atoms with van der Waals surface area (Å²) >= 11 is 2.70. The van der Waals surface area contributed by atoms with Crippen molar-refractivity contribution in [2.24, 2.45) is 0 Å². The average molecular weight is 335 g/mol. The van der Waals surface area contributed by atoms with E-state index < -0.39 is 0 Å². The van der Waals surface area contributed by atoms with Crippen molar-refractivity contribution in [1.29, 1.82) is 0 Å². The van der Waals surface area contributed by atoms with Crippen molar-refractivity contribution in [2.75, 3.05) is 34.9 Å². The maximum absolute atomic E-state index is 12.4. The average Bonchev–Trinajstić information content (AvgIpc) is 2.99. The number of rotatable bonds is 4. The van der Waals surface area contributed by atoms with Gasteiger partial charge in [-0.05, 0) is 12.1 Å². The third-order valence-corrected chi connectivity index (χ3v) is 5.07. The Morgan fingerprint density at radius 1 is 1.45 bits per heavy atom. The normalized spacial score (nSPS) is 13.5. The number of benzene rings is 1. The highest BCUT2D eigenvalue weighted by Gasteiger charge is 2.26. The van der Waals surface area contributed by atoms with Crippen LogP contribution >= 0.6 is 23.1 Å². The van der Waals surface area contributed by atoms with E-state index in [9.17, 15) is 9.59 Å². The molecule has 0 bridgehead atoms. The van der Waals surface area contributed by atoms with E-state index in [1.807, 2.05) is 18.2 Å². The quantitative estimate of drug-likeness (QED) is 0.826. The Morgan fingerprint density at radius 3 is 3.05 bits per heavy atom. The van der Waals surface area contributed by atoms with E-state index in [0.717, 1.165) is 5.69 Å². The monoisotopic (exact) mass is 335 g/mol. The van der Waals surface area contributed by atoms with Gasteiger partial charge < -0.3 is 15.5 Å². The summed E-state index contributed by atoms with van der Waals surface area (Å²) < 4.78 is 0.715. The van der Waals surface area contributed by atoms with Crippen LogP contribution in [0.4, 0.5) is 16.5 Å². The molecule has 114 valence electrons. The van der Waals surface area contributed by atoms with Crippen LogP contribution in [-0.4, -0.2) is 41.4 Å². The lowest BCUT2D eigenvalue weighted by Crippen LogP contribution is -2.43. The molecule has 2 amide bonds. The lowest BCUT2D eigenvalue weighted by atomic mass is 10.2. The van der Waals surface area contributed by atoms with Gasteiger partial charge in [-0.2, -0.15) is 0 Å². The fourth-order valence-corrected chi connectivity index (χ4v) is 3.61. The van der Waals surface area contributed by atoms with E-state index >= 15 is 0 Å². The Balaban J connectivity index is 1.71. The van der Waals surface area contributed by atoms with Crippen molar-refractivity contribution < 1.29 is 9.59 Å². The number of hydrogen-bond donors (Lipinski definition) is 2. The molecule has 9 heteroatoms. The number of thioether (sulfide) groups is 1. The number of hydrogen-bond acceptors (Lipinski definition) is 7. The number of aromatic nitrogens is 2.